The van der Waals surface area contributed by atoms with Crippen LogP contribution in [0.1, 0.15) is 29.9 Å². The number of hydrogen-bond acceptors (Lipinski definition) is 3. The van der Waals surface area contributed by atoms with Gasteiger partial charge in [0.15, 0.2) is 6.04 Å². The number of hydrogen-bond donors (Lipinski definition) is 2. The molecule has 1 aliphatic heterocycles. The van der Waals surface area contributed by atoms with Gasteiger partial charge in [0.25, 0.3) is 0 Å². The first-order valence-electron chi connectivity index (χ1n) is 9.88. The monoisotopic (exact) mass is 364 g/mol. The summed E-state index contributed by atoms with van der Waals surface area (Å²) in [6, 6.07) is 21.3. The highest BCUT2D eigenvalue weighted by atomic mass is 15.6. The lowest BCUT2D eigenvalue weighted by Crippen LogP contribution is -3.28. The van der Waals surface area contributed by atoms with Gasteiger partial charge in [-0.15, -0.1) is 5.10 Å². The van der Waals surface area contributed by atoms with E-state index in [1.54, 1.807) is 9.80 Å². The van der Waals surface area contributed by atoms with Crippen molar-refractivity contribution in [3.63, 3.8) is 0 Å². The highest BCUT2D eigenvalue weighted by Gasteiger charge is 2.35. The van der Waals surface area contributed by atoms with Gasteiger partial charge in [0, 0.05) is 5.56 Å². The van der Waals surface area contributed by atoms with Crippen LogP contribution in [0.2, 0.25) is 0 Å². The second kappa shape index (κ2) is 8.41. The molecule has 27 heavy (non-hydrogen) atoms. The lowest BCUT2D eigenvalue weighted by Gasteiger charge is -2.33. The molecule has 0 saturated carbocycles. The Morgan fingerprint density at radius 3 is 2.26 bits per heavy atom. The predicted molar refractivity (Wildman–Crippen MR) is 104 cm³/mol. The smallest absolute Gasteiger partial charge is 0.214 e. The van der Waals surface area contributed by atoms with Crippen LogP contribution in [0.15, 0.2) is 60.7 Å². The molecule has 1 aromatic heterocycles. The summed E-state index contributed by atoms with van der Waals surface area (Å²) in [7, 11) is 0. The minimum absolute atomic E-state index is 0.170. The fourth-order valence-corrected chi connectivity index (χ4v) is 4.07. The molecule has 0 amide bonds. The molecule has 3 aromatic rings. The van der Waals surface area contributed by atoms with Crippen molar-refractivity contribution in [2.75, 3.05) is 32.7 Å². The van der Waals surface area contributed by atoms with Gasteiger partial charge < -0.3 is 9.80 Å². The van der Waals surface area contributed by atoms with E-state index in [0.29, 0.717) is 6.54 Å². The molecule has 6 nitrogen and oxygen atoms in total. The van der Waals surface area contributed by atoms with Crippen LogP contribution < -0.4 is 9.80 Å². The molecular formula is C21H28N6+2. The number of nitrogens with one attached hydrogen (secondary N) is 2. The SMILES string of the molecule is CC[NH+]1CC[NH+]([C@@H](c2ccccc2)c2nnnn2Cc2ccccc2)CC1. The number of likely N-dealkylation sites (N-methyl/N-ethyl adjacent to an activating group) is 1. The summed E-state index contributed by atoms with van der Waals surface area (Å²) in [5.41, 5.74) is 2.50. The average Bonchev–Trinajstić information content (AvgIpc) is 3.18. The van der Waals surface area contributed by atoms with Crippen molar-refractivity contribution < 1.29 is 9.80 Å². The van der Waals surface area contributed by atoms with Crippen molar-refractivity contribution in [2.24, 2.45) is 0 Å². The van der Waals surface area contributed by atoms with E-state index in [2.05, 4.69) is 77.0 Å². The maximum absolute atomic E-state index is 4.48. The molecule has 0 aliphatic carbocycles. The van der Waals surface area contributed by atoms with Gasteiger partial charge in [-0.2, -0.15) is 0 Å². The van der Waals surface area contributed by atoms with E-state index in [9.17, 15) is 0 Å². The van der Waals surface area contributed by atoms with Gasteiger partial charge in [-0.3, -0.25) is 0 Å². The summed E-state index contributed by atoms with van der Waals surface area (Å²) < 4.78 is 1.97. The van der Waals surface area contributed by atoms with Gasteiger partial charge in [-0.1, -0.05) is 60.7 Å². The van der Waals surface area contributed by atoms with Crippen LogP contribution in [-0.4, -0.2) is 52.9 Å². The summed E-state index contributed by atoms with van der Waals surface area (Å²) in [6.07, 6.45) is 0. The fourth-order valence-electron chi connectivity index (χ4n) is 4.07. The molecule has 0 radical (unpaired) electrons. The minimum Gasteiger partial charge on any atom is -0.326 e. The Hall–Kier alpha value is -2.57. The Bertz CT molecular complexity index is 824. The lowest BCUT2D eigenvalue weighted by atomic mass is 10.0. The van der Waals surface area contributed by atoms with Crippen molar-refractivity contribution >= 4 is 0 Å². The van der Waals surface area contributed by atoms with Crippen LogP contribution in [-0.2, 0) is 6.54 Å². The van der Waals surface area contributed by atoms with Crippen LogP contribution in [0.4, 0.5) is 0 Å². The third-order valence-electron chi connectivity index (χ3n) is 5.63. The third-order valence-corrected chi connectivity index (χ3v) is 5.63. The number of piperazine rings is 1. The highest BCUT2D eigenvalue weighted by Crippen LogP contribution is 2.17. The molecule has 1 atom stereocenters. The first-order valence-corrected chi connectivity index (χ1v) is 9.88. The highest BCUT2D eigenvalue weighted by molar-refractivity contribution is 5.23. The largest absolute Gasteiger partial charge is 0.326 e. The molecule has 140 valence electrons. The van der Waals surface area contributed by atoms with Gasteiger partial charge in [0.1, 0.15) is 26.2 Å². The summed E-state index contributed by atoms with van der Waals surface area (Å²) in [5, 5.41) is 12.8. The van der Waals surface area contributed by atoms with Crippen LogP contribution in [0.3, 0.4) is 0 Å². The number of nitrogens with zero attached hydrogens (tertiary/aromatic N) is 4. The zero-order valence-corrected chi connectivity index (χ0v) is 15.9. The Morgan fingerprint density at radius 1 is 0.926 bits per heavy atom. The van der Waals surface area contributed by atoms with Crippen molar-refractivity contribution in [1.82, 2.24) is 20.2 Å². The number of quaternary nitrogens is 2. The van der Waals surface area contributed by atoms with Gasteiger partial charge in [-0.05, 0) is 22.9 Å². The first-order chi connectivity index (χ1) is 13.3. The molecule has 2 heterocycles. The van der Waals surface area contributed by atoms with Crippen LogP contribution >= 0.6 is 0 Å². The summed E-state index contributed by atoms with van der Waals surface area (Å²) in [4.78, 5) is 3.25. The number of tetrazole rings is 1. The van der Waals surface area contributed by atoms with E-state index in [4.69, 9.17) is 0 Å². The summed E-state index contributed by atoms with van der Waals surface area (Å²) in [5.74, 6) is 0.958. The standard InChI is InChI=1S/C21H26N6/c1-2-25-13-15-26(16-14-25)20(19-11-7-4-8-12-19)21-22-23-24-27(21)17-18-9-5-3-6-10-18/h3-12,20H,2,13-17H2,1H3/p+2/t20-/m0/s1. The van der Waals surface area contributed by atoms with Crippen molar-refractivity contribution in [2.45, 2.75) is 19.5 Å². The maximum atomic E-state index is 4.48. The fraction of sp³-hybridized carbons (Fsp3) is 0.381. The van der Waals surface area contributed by atoms with Gasteiger partial charge >= 0.3 is 0 Å². The second-order valence-electron chi connectivity index (χ2n) is 7.29. The Morgan fingerprint density at radius 2 is 1.59 bits per heavy atom. The molecule has 2 aromatic carbocycles. The van der Waals surface area contributed by atoms with Crippen LogP contribution in [0.25, 0.3) is 0 Å². The lowest BCUT2D eigenvalue weighted by molar-refractivity contribution is -1.02. The van der Waals surface area contributed by atoms with Gasteiger partial charge in [-0.25, -0.2) is 4.68 Å². The molecule has 6 heteroatoms. The third kappa shape index (κ3) is 4.07. The summed E-state index contributed by atoms with van der Waals surface area (Å²) in [6.45, 7) is 8.86. The van der Waals surface area contributed by atoms with E-state index in [0.717, 1.165) is 18.9 Å². The maximum Gasteiger partial charge on any atom is 0.214 e. The topological polar surface area (TPSA) is 52.5 Å². The zero-order chi connectivity index (χ0) is 18.5. The molecule has 1 fully saturated rings. The van der Waals surface area contributed by atoms with Crippen molar-refractivity contribution in [3.05, 3.63) is 77.6 Å². The van der Waals surface area contributed by atoms with Gasteiger partial charge in [0.2, 0.25) is 5.82 Å². The van der Waals surface area contributed by atoms with Crippen molar-refractivity contribution in [1.29, 1.82) is 0 Å². The van der Waals surface area contributed by atoms with E-state index in [1.807, 2.05) is 10.7 Å². The van der Waals surface area contributed by atoms with E-state index >= 15 is 0 Å². The normalized spacial score (nSPS) is 21.1. The van der Waals surface area contributed by atoms with Crippen molar-refractivity contribution in [3.8, 4) is 0 Å². The number of aromatic nitrogens is 4. The molecule has 4 rings (SSSR count). The van der Waals surface area contributed by atoms with Crippen LogP contribution in [0.5, 0.6) is 0 Å². The predicted octanol–water partition coefficient (Wildman–Crippen LogP) is -0.386. The Balaban J connectivity index is 1.65. The first kappa shape index (κ1) is 17.8. The molecule has 0 spiro atoms. The number of benzene rings is 2. The molecule has 0 bridgehead atoms. The van der Waals surface area contributed by atoms with E-state index in [-0.39, 0.29) is 6.04 Å². The van der Waals surface area contributed by atoms with Crippen LogP contribution in [0, 0.1) is 0 Å². The van der Waals surface area contributed by atoms with E-state index in [1.165, 1.54) is 30.8 Å². The number of rotatable bonds is 6. The Kier molecular flexibility index (Phi) is 5.55. The second-order valence-corrected chi connectivity index (χ2v) is 7.29. The van der Waals surface area contributed by atoms with Gasteiger partial charge in [0.05, 0.1) is 13.1 Å². The zero-order valence-electron chi connectivity index (χ0n) is 15.9. The molecular weight excluding hydrogens is 336 g/mol. The minimum atomic E-state index is 0.170. The quantitative estimate of drug-likeness (QED) is 0.627. The molecule has 0 unspecified atom stereocenters. The molecule has 1 saturated heterocycles. The van der Waals surface area contributed by atoms with E-state index < -0.39 is 0 Å². The average molecular weight is 364 g/mol. The molecule has 1 aliphatic rings. The Labute approximate surface area is 160 Å². The molecule has 2 N–H and O–H groups in total. The summed E-state index contributed by atoms with van der Waals surface area (Å²) >= 11 is 0.